The maximum atomic E-state index is 13.5. The van der Waals surface area contributed by atoms with Gasteiger partial charge in [-0.1, -0.05) is 11.5 Å². The second-order valence-electron chi connectivity index (χ2n) is 22.9. The average molecular weight is 1140 g/mol. The number of hydrogen-bond acceptors (Lipinski definition) is 14. The largest absolute Gasteiger partial charge is 0.497 e. The number of hydrogen-bond donors (Lipinski definition) is 2. The van der Waals surface area contributed by atoms with Gasteiger partial charge in [-0.25, -0.2) is 25.6 Å². The summed E-state index contributed by atoms with van der Waals surface area (Å²) < 4.78 is 126. The van der Waals surface area contributed by atoms with Crippen LogP contribution >= 0.6 is 0 Å². The highest BCUT2D eigenvalue weighted by atomic mass is 32.2. The molecule has 6 aromatic rings. The van der Waals surface area contributed by atoms with Gasteiger partial charge in [-0.15, -0.1) is 0 Å². The van der Waals surface area contributed by atoms with Crippen LogP contribution in [0, 0.1) is 11.6 Å². The molecular formula is C54H70B4F2N4O14S2. The summed E-state index contributed by atoms with van der Waals surface area (Å²) in [4.78, 5) is 25.4. The number of nitrogens with one attached hydrogen (secondary N) is 2. The normalized spacial score (nSPS) is 18.6. The number of carbonyl (C=O) groups excluding carboxylic acids is 2. The number of benzene rings is 4. The highest BCUT2D eigenvalue weighted by Gasteiger charge is 2.64. The number of carbonyl (C=O) groups is 2. The van der Waals surface area contributed by atoms with E-state index in [0.29, 0.717) is 33.0 Å². The van der Waals surface area contributed by atoms with Gasteiger partial charge in [-0.05, 0) is 138 Å². The Labute approximate surface area is 471 Å². The topological polar surface area (TPSA) is 215 Å². The molecule has 3 aliphatic rings. The zero-order chi connectivity index (χ0) is 59.8. The molecule has 80 heavy (non-hydrogen) atoms. The van der Waals surface area contributed by atoms with Crippen LogP contribution in [0.1, 0.15) is 105 Å². The molecule has 0 spiro atoms. The lowest BCUT2D eigenvalue weighted by atomic mass is 9.49. The van der Waals surface area contributed by atoms with Gasteiger partial charge in [0.25, 0.3) is 11.8 Å². The molecular weight excluding hydrogens is 1070 g/mol. The van der Waals surface area contributed by atoms with Gasteiger partial charge in [0, 0.05) is 74.8 Å². The van der Waals surface area contributed by atoms with Crippen molar-refractivity contribution in [3.63, 3.8) is 0 Å². The summed E-state index contributed by atoms with van der Waals surface area (Å²) in [6.07, 6.45) is 2.14. The fourth-order valence-corrected chi connectivity index (χ4v) is 9.70. The third-order valence-corrected chi connectivity index (χ3v) is 18.1. The summed E-state index contributed by atoms with van der Waals surface area (Å²) >= 11 is 0. The van der Waals surface area contributed by atoms with Crippen molar-refractivity contribution >= 4 is 105 Å². The fourth-order valence-electron chi connectivity index (χ4n) is 8.67. The summed E-state index contributed by atoms with van der Waals surface area (Å²) in [5, 5.41) is 6.03. The predicted octanol–water partition coefficient (Wildman–Crippen LogP) is 7.58. The van der Waals surface area contributed by atoms with Gasteiger partial charge in [0.05, 0.1) is 62.9 Å². The molecule has 0 unspecified atom stereocenters. The van der Waals surface area contributed by atoms with Gasteiger partial charge in [0.15, 0.2) is 0 Å². The van der Waals surface area contributed by atoms with E-state index >= 15 is 0 Å². The molecule has 2 N–H and O–H groups in total. The molecule has 2 amide bonds. The van der Waals surface area contributed by atoms with Crippen LogP contribution in [0.2, 0.25) is 0 Å². The van der Waals surface area contributed by atoms with Crippen molar-refractivity contribution in [2.75, 3.05) is 49.3 Å². The van der Waals surface area contributed by atoms with E-state index in [-0.39, 0.29) is 68.8 Å². The number of nitrogens with zero attached hydrogens (tertiary/aromatic N) is 2. The number of fused-ring (bicyclic) bond motifs is 2. The van der Waals surface area contributed by atoms with E-state index in [2.05, 4.69) is 10.6 Å². The molecule has 4 aromatic carbocycles. The molecule has 0 aliphatic carbocycles. The zero-order valence-electron chi connectivity index (χ0n) is 48.4. The Bertz CT molecular complexity index is 3520. The van der Waals surface area contributed by atoms with Crippen LogP contribution in [0.15, 0.2) is 81.6 Å². The lowest BCUT2D eigenvalue weighted by Crippen LogP contribution is -2.41. The van der Waals surface area contributed by atoms with Crippen LogP contribution in [0.4, 0.5) is 20.2 Å². The highest BCUT2D eigenvalue weighted by molar-refractivity contribution is 7.92. The number of halogens is 2. The Balaban J connectivity index is 0.000000205. The first-order chi connectivity index (χ1) is 36.7. The number of anilines is 2. The molecule has 2 aromatic heterocycles. The van der Waals surface area contributed by atoms with E-state index in [1.54, 1.807) is 12.1 Å². The number of rotatable bonds is 10. The molecule has 3 fully saturated rings. The second-order valence-corrected chi connectivity index (χ2v) is 26.9. The molecule has 18 nitrogen and oxygen atoms in total. The van der Waals surface area contributed by atoms with E-state index in [0.717, 1.165) is 21.1 Å². The number of furan rings is 2. The maximum Gasteiger partial charge on any atom is 0.497 e. The molecule has 0 atom stereocenters. The molecule has 0 bridgehead atoms. The lowest BCUT2D eigenvalue weighted by molar-refractivity contribution is 0.00578. The maximum absolute atomic E-state index is 13.5. The third kappa shape index (κ3) is 12.0. The summed E-state index contributed by atoms with van der Waals surface area (Å²) in [6.45, 7) is 23.8. The molecule has 5 heterocycles. The summed E-state index contributed by atoms with van der Waals surface area (Å²) in [6, 6.07) is 17.2. The summed E-state index contributed by atoms with van der Waals surface area (Å²) in [5.41, 5.74) is 0.382. The first kappa shape index (κ1) is 61.9. The summed E-state index contributed by atoms with van der Waals surface area (Å²) in [5.74, 6) is -1.19. The molecule has 26 heteroatoms. The first-order valence-corrected chi connectivity index (χ1v) is 29.2. The van der Waals surface area contributed by atoms with Gasteiger partial charge < -0.3 is 47.4 Å². The monoisotopic (exact) mass is 1140 g/mol. The van der Waals surface area contributed by atoms with Crippen LogP contribution in [-0.4, -0.2) is 132 Å². The Hall–Kier alpha value is -5.72. The summed E-state index contributed by atoms with van der Waals surface area (Å²) in [7, 11) is 2.76. The average Bonchev–Trinajstić information content (AvgIpc) is 4.25. The minimum atomic E-state index is -3.66. The first-order valence-electron chi connectivity index (χ1n) is 25.5. The standard InChI is InChI=1S/C24H28BFN2O6S.C18H16BFN2O4S.C12H24B2O4.H2/c1-23(2)24(3,4)34-25(33-23)17-12-16-19(13-18(17)28(6)35(7,30)31)32-21(20(16)22(29)27-5)14-8-10-15(26)11-9-14;1-21-18(23)16-12-8-13(19)14(22(2)27(3,24)25)9-15(12)26-17(16)10-4-6-11(20)7-5-10;1-9(2)10(3,4)16-13(15-9)14-17-11(5,6)12(7,8)18-14;/h8-13H,1-7H3,(H,27,29);4-9H,1-3H3,(H,21,23);1-8H3;1H. The van der Waals surface area contributed by atoms with Crippen LogP contribution < -0.4 is 30.2 Å². The van der Waals surface area contributed by atoms with Crippen molar-refractivity contribution in [2.24, 2.45) is 0 Å². The van der Waals surface area contributed by atoms with Crippen molar-refractivity contribution in [1.82, 2.24) is 10.6 Å². The van der Waals surface area contributed by atoms with Crippen molar-refractivity contribution in [3.8, 4) is 22.6 Å². The predicted molar refractivity (Wildman–Crippen MR) is 312 cm³/mol. The fraction of sp³-hybridized carbons (Fsp3) is 0.444. The quantitative estimate of drug-likeness (QED) is 0.127. The van der Waals surface area contributed by atoms with E-state index < -0.39 is 75.8 Å². The number of sulfonamides is 2. The second kappa shape index (κ2) is 21.6. The number of amides is 2. The van der Waals surface area contributed by atoms with Gasteiger partial charge >= 0.3 is 21.1 Å². The molecule has 0 saturated carbocycles. The van der Waals surface area contributed by atoms with E-state index in [4.69, 9.17) is 44.6 Å². The molecule has 2 radical (unpaired) electrons. The van der Waals surface area contributed by atoms with E-state index in [1.807, 2.05) is 83.1 Å². The molecule has 9 rings (SSSR count). The minimum absolute atomic E-state index is 0. The van der Waals surface area contributed by atoms with Gasteiger partial charge in [-0.3, -0.25) is 18.2 Å². The Morgan fingerprint density at radius 1 is 0.525 bits per heavy atom. The Morgan fingerprint density at radius 3 is 1.18 bits per heavy atom. The van der Waals surface area contributed by atoms with Crippen molar-refractivity contribution in [2.45, 2.75) is 117 Å². The molecule has 3 saturated heterocycles. The van der Waals surface area contributed by atoms with Gasteiger partial charge in [0.2, 0.25) is 20.0 Å². The third-order valence-electron chi connectivity index (χ3n) is 15.7. The zero-order valence-corrected chi connectivity index (χ0v) is 50.1. The Morgan fingerprint density at radius 2 is 0.838 bits per heavy atom. The highest BCUT2D eigenvalue weighted by Crippen LogP contribution is 2.44. The van der Waals surface area contributed by atoms with E-state index in [1.165, 1.54) is 88.9 Å². The minimum Gasteiger partial charge on any atom is -0.455 e. The van der Waals surface area contributed by atoms with Crippen molar-refractivity contribution in [1.29, 1.82) is 0 Å². The van der Waals surface area contributed by atoms with Crippen molar-refractivity contribution in [3.05, 3.63) is 95.6 Å². The van der Waals surface area contributed by atoms with Gasteiger partial charge in [0.1, 0.15) is 42.2 Å². The smallest absolute Gasteiger partial charge is 0.455 e. The Kier molecular flexibility index (Phi) is 16.7. The molecule has 3 aliphatic heterocycles. The van der Waals surface area contributed by atoms with Gasteiger partial charge in [-0.2, -0.15) is 0 Å². The van der Waals surface area contributed by atoms with Crippen molar-refractivity contribution < 1.29 is 73.4 Å². The van der Waals surface area contributed by atoms with Crippen LogP contribution in [-0.2, 0) is 48.0 Å². The SMILES string of the molecule is CC1(C)OB(B2OC(C)(C)C(C)(C)O2)OC1(C)C.CNC(=O)c1c(-c2ccc(F)cc2)oc2cc(N(C)S(C)(=O)=O)c(B3OC(C)(C)C(C)(C)O3)cc12.[B]c1cc2c(C(=O)NC)c(-c3ccc(F)cc3)oc2cc1N(C)S(C)(=O)=O.[HH]. The van der Waals surface area contributed by atoms with Crippen LogP contribution in [0.25, 0.3) is 44.6 Å². The van der Waals surface area contributed by atoms with Crippen LogP contribution in [0.3, 0.4) is 0 Å². The van der Waals surface area contributed by atoms with Crippen LogP contribution in [0.5, 0.6) is 0 Å². The van der Waals surface area contributed by atoms with E-state index in [9.17, 15) is 35.2 Å². The molecule has 428 valence electrons. The lowest BCUT2D eigenvalue weighted by Gasteiger charge is -2.32.